The lowest BCUT2D eigenvalue weighted by atomic mass is 10.6. The average Bonchev–Trinajstić information content (AvgIpc) is 2.77. The molecule has 6 heteroatoms. The maximum Gasteiger partial charge on any atom is 0.325 e. The zero-order chi connectivity index (χ0) is 11.8. The first-order valence-electron chi connectivity index (χ1n) is 4.81. The fraction of sp³-hybridized carbons (Fsp3) is 0.400. The van der Waals surface area contributed by atoms with Gasteiger partial charge in [-0.2, -0.15) is 0 Å². The molecular weight excluding hydrogens is 246 g/mol. The highest BCUT2D eigenvalue weighted by Crippen LogP contribution is 2.22. The van der Waals surface area contributed by atoms with Crippen molar-refractivity contribution in [1.29, 1.82) is 0 Å². The second-order valence-corrected chi connectivity index (χ2v) is 5.03. The Hall–Kier alpha value is -1.01. The molecule has 16 heavy (non-hydrogen) atoms. The average molecular weight is 259 g/mol. The lowest BCUT2D eigenvalue weighted by Crippen LogP contribution is -2.31. The minimum absolute atomic E-state index is 0.0579. The normalized spacial score (nSPS) is 9.81. The fourth-order valence-corrected chi connectivity index (χ4v) is 2.53. The lowest BCUT2D eigenvalue weighted by Gasteiger charge is -2.03. The van der Waals surface area contributed by atoms with Crippen molar-refractivity contribution in [2.75, 3.05) is 18.9 Å². The number of ether oxygens (including phenoxy) is 1. The molecule has 0 aliphatic carbocycles. The summed E-state index contributed by atoms with van der Waals surface area (Å²) in [6.45, 7) is 2.00. The number of rotatable bonds is 6. The van der Waals surface area contributed by atoms with Crippen LogP contribution in [-0.4, -0.2) is 30.8 Å². The van der Waals surface area contributed by atoms with E-state index >= 15 is 0 Å². The number of carbonyl (C=O) groups is 2. The van der Waals surface area contributed by atoms with E-state index in [1.807, 2.05) is 17.5 Å². The number of thiophene rings is 1. The first-order chi connectivity index (χ1) is 7.72. The Morgan fingerprint density at radius 1 is 1.56 bits per heavy atom. The van der Waals surface area contributed by atoms with Crippen LogP contribution in [-0.2, 0) is 14.3 Å². The number of esters is 1. The number of nitrogens with one attached hydrogen (secondary N) is 1. The molecule has 1 heterocycles. The molecule has 0 aliphatic rings. The van der Waals surface area contributed by atoms with Crippen LogP contribution in [0.3, 0.4) is 0 Å². The molecule has 0 radical (unpaired) electrons. The van der Waals surface area contributed by atoms with Crippen LogP contribution in [0.1, 0.15) is 6.92 Å². The monoisotopic (exact) mass is 259 g/mol. The second kappa shape index (κ2) is 7.29. The van der Waals surface area contributed by atoms with Crippen molar-refractivity contribution in [3.63, 3.8) is 0 Å². The van der Waals surface area contributed by atoms with Gasteiger partial charge in [-0.25, -0.2) is 0 Å². The van der Waals surface area contributed by atoms with Crippen molar-refractivity contribution >= 4 is 35.0 Å². The third kappa shape index (κ3) is 5.18. The first-order valence-corrected chi connectivity index (χ1v) is 6.67. The van der Waals surface area contributed by atoms with Crippen LogP contribution in [0.4, 0.5) is 0 Å². The number of carbonyl (C=O) groups excluding carboxylic acids is 2. The lowest BCUT2D eigenvalue weighted by molar-refractivity contribution is -0.143. The first kappa shape index (κ1) is 13.1. The molecule has 4 nitrogen and oxygen atoms in total. The van der Waals surface area contributed by atoms with Gasteiger partial charge < -0.3 is 10.1 Å². The van der Waals surface area contributed by atoms with Crippen LogP contribution < -0.4 is 5.32 Å². The van der Waals surface area contributed by atoms with Gasteiger partial charge in [0, 0.05) is 0 Å². The maximum absolute atomic E-state index is 11.3. The minimum Gasteiger partial charge on any atom is -0.465 e. The highest BCUT2D eigenvalue weighted by molar-refractivity contribution is 8.01. The zero-order valence-corrected chi connectivity index (χ0v) is 10.5. The van der Waals surface area contributed by atoms with Crippen molar-refractivity contribution in [1.82, 2.24) is 5.32 Å². The van der Waals surface area contributed by atoms with Gasteiger partial charge in [0.25, 0.3) is 0 Å². The molecule has 0 saturated carbocycles. The third-order valence-corrected chi connectivity index (χ3v) is 3.71. The summed E-state index contributed by atoms with van der Waals surface area (Å²) in [5.41, 5.74) is 0. The second-order valence-electron chi connectivity index (χ2n) is 2.80. The molecule has 0 atom stereocenters. The summed E-state index contributed by atoms with van der Waals surface area (Å²) in [5, 5.41) is 4.46. The Kier molecular flexibility index (Phi) is 5.95. The van der Waals surface area contributed by atoms with Crippen molar-refractivity contribution in [3.05, 3.63) is 17.5 Å². The van der Waals surface area contributed by atoms with E-state index in [9.17, 15) is 9.59 Å². The van der Waals surface area contributed by atoms with E-state index in [0.717, 1.165) is 4.21 Å². The Morgan fingerprint density at radius 2 is 2.38 bits per heavy atom. The minimum atomic E-state index is -0.406. The predicted molar refractivity (Wildman–Crippen MR) is 64.7 cm³/mol. The molecule has 1 N–H and O–H groups in total. The van der Waals surface area contributed by atoms with Gasteiger partial charge in [0.05, 0.1) is 16.6 Å². The highest BCUT2D eigenvalue weighted by atomic mass is 32.2. The topological polar surface area (TPSA) is 55.4 Å². The quantitative estimate of drug-likeness (QED) is 0.621. The highest BCUT2D eigenvalue weighted by Gasteiger charge is 2.06. The molecular formula is C10H13NO3S2. The molecule has 0 bridgehead atoms. The van der Waals surface area contributed by atoms with Gasteiger partial charge in [-0.15, -0.1) is 23.1 Å². The summed E-state index contributed by atoms with van der Waals surface area (Å²) in [6.07, 6.45) is 0. The molecule has 1 rings (SSSR count). The molecule has 88 valence electrons. The van der Waals surface area contributed by atoms with E-state index in [4.69, 9.17) is 0 Å². The summed E-state index contributed by atoms with van der Waals surface area (Å²) in [4.78, 5) is 22.3. The molecule has 0 saturated heterocycles. The molecule has 0 aliphatic heterocycles. The van der Waals surface area contributed by atoms with Gasteiger partial charge in [-0.3, -0.25) is 9.59 Å². The van der Waals surface area contributed by atoms with Gasteiger partial charge in [0.15, 0.2) is 0 Å². The van der Waals surface area contributed by atoms with Crippen LogP contribution in [0.25, 0.3) is 0 Å². The summed E-state index contributed by atoms with van der Waals surface area (Å²) in [7, 11) is 0. The van der Waals surface area contributed by atoms with Gasteiger partial charge in [0.1, 0.15) is 6.54 Å². The third-order valence-electron chi connectivity index (χ3n) is 1.58. The van der Waals surface area contributed by atoms with Gasteiger partial charge >= 0.3 is 5.97 Å². The largest absolute Gasteiger partial charge is 0.465 e. The Balaban J connectivity index is 2.14. The van der Waals surface area contributed by atoms with Gasteiger partial charge in [-0.1, -0.05) is 6.07 Å². The summed E-state index contributed by atoms with van der Waals surface area (Å²) >= 11 is 3.04. The van der Waals surface area contributed by atoms with Crippen LogP contribution in [0.5, 0.6) is 0 Å². The zero-order valence-electron chi connectivity index (χ0n) is 8.89. The van der Waals surface area contributed by atoms with Crippen molar-refractivity contribution in [3.8, 4) is 0 Å². The summed E-state index contributed by atoms with van der Waals surface area (Å²) < 4.78 is 5.77. The Morgan fingerprint density at radius 3 is 3.00 bits per heavy atom. The standard InChI is InChI=1S/C10H13NO3S2/c1-2-14-9(13)6-11-8(12)7-16-10-4-3-5-15-10/h3-5H,2,6-7H2,1H3,(H,11,12). The Labute approximate surface area is 102 Å². The molecule has 1 aromatic heterocycles. The molecule has 0 unspecified atom stereocenters. The van der Waals surface area contributed by atoms with Crippen LogP contribution in [0, 0.1) is 0 Å². The van der Waals surface area contributed by atoms with E-state index in [2.05, 4.69) is 10.1 Å². The number of hydrogen-bond donors (Lipinski definition) is 1. The van der Waals surface area contributed by atoms with E-state index in [1.54, 1.807) is 18.3 Å². The summed E-state index contributed by atoms with van der Waals surface area (Å²) in [5.74, 6) is -0.247. The van der Waals surface area contributed by atoms with E-state index in [0.29, 0.717) is 12.4 Å². The predicted octanol–water partition coefficient (Wildman–Crippen LogP) is 1.52. The van der Waals surface area contributed by atoms with Crippen molar-refractivity contribution in [2.24, 2.45) is 0 Å². The maximum atomic E-state index is 11.3. The smallest absolute Gasteiger partial charge is 0.325 e. The number of thioether (sulfide) groups is 1. The Bertz CT molecular complexity index is 338. The van der Waals surface area contributed by atoms with Gasteiger partial charge in [0.2, 0.25) is 5.91 Å². The number of hydrogen-bond acceptors (Lipinski definition) is 5. The van der Waals surface area contributed by atoms with E-state index in [1.165, 1.54) is 11.8 Å². The van der Waals surface area contributed by atoms with Gasteiger partial charge in [-0.05, 0) is 18.4 Å². The van der Waals surface area contributed by atoms with Crippen molar-refractivity contribution < 1.29 is 14.3 Å². The fourth-order valence-electron chi connectivity index (χ4n) is 0.916. The van der Waals surface area contributed by atoms with E-state index < -0.39 is 5.97 Å². The molecule has 0 fully saturated rings. The molecule has 0 spiro atoms. The molecule has 0 aromatic carbocycles. The molecule has 1 amide bonds. The van der Waals surface area contributed by atoms with Crippen LogP contribution in [0.15, 0.2) is 21.7 Å². The molecule has 1 aromatic rings. The SMILES string of the molecule is CCOC(=O)CNC(=O)CSc1cccs1. The summed E-state index contributed by atoms with van der Waals surface area (Å²) in [6, 6.07) is 3.89. The van der Waals surface area contributed by atoms with Crippen molar-refractivity contribution in [2.45, 2.75) is 11.1 Å². The number of amides is 1. The van der Waals surface area contributed by atoms with Crippen LogP contribution in [0.2, 0.25) is 0 Å². The van der Waals surface area contributed by atoms with Crippen LogP contribution >= 0.6 is 23.1 Å². The van der Waals surface area contributed by atoms with E-state index in [-0.39, 0.29) is 12.5 Å².